The zero-order valence-electron chi connectivity index (χ0n) is 15.8. The van der Waals surface area contributed by atoms with E-state index >= 15 is 0 Å². The molecule has 4 heteroatoms. The second-order valence-corrected chi connectivity index (χ2v) is 6.67. The third-order valence-corrected chi connectivity index (χ3v) is 5.32. The van der Waals surface area contributed by atoms with Crippen LogP contribution in [0.15, 0.2) is 84.8 Å². The van der Waals surface area contributed by atoms with Crippen LogP contribution in [0.5, 0.6) is 11.5 Å². The Morgan fingerprint density at radius 1 is 0.926 bits per heavy atom. The first-order valence-corrected chi connectivity index (χ1v) is 9.49. The average Bonchev–Trinajstić information content (AvgIpc) is 3.26. The summed E-state index contributed by atoms with van der Waals surface area (Å²) in [5.41, 5.74) is 2.27. The van der Waals surface area contributed by atoms with Gasteiger partial charge in [0.1, 0.15) is 0 Å². The molecule has 2 aromatic rings. The Morgan fingerprint density at radius 2 is 1.67 bits per heavy atom. The number of likely N-dealkylation sites (N-methyl/N-ethyl adjacent to an activating group) is 1. The zero-order chi connectivity index (χ0) is 18.7. The van der Waals surface area contributed by atoms with Crippen LogP contribution in [0.1, 0.15) is 13.8 Å². The third-order valence-electron chi connectivity index (χ3n) is 5.32. The van der Waals surface area contributed by atoms with Crippen molar-refractivity contribution in [3.8, 4) is 11.5 Å². The molecule has 1 unspecified atom stereocenters. The van der Waals surface area contributed by atoms with Gasteiger partial charge in [-0.05, 0) is 38.1 Å². The van der Waals surface area contributed by atoms with Crippen molar-refractivity contribution in [3.63, 3.8) is 0 Å². The first-order valence-electron chi connectivity index (χ1n) is 9.49. The molecule has 4 nitrogen and oxygen atoms in total. The summed E-state index contributed by atoms with van der Waals surface area (Å²) < 4.78 is 12.8. The van der Waals surface area contributed by atoms with Crippen molar-refractivity contribution in [2.45, 2.75) is 20.1 Å². The minimum absolute atomic E-state index is 0.000173. The number of quaternary nitrogens is 1. The summed E-state index contributed by atoms with van der Waals surface area (Å²) in [4.78, 5) is 0. The lowest BCUT2D eigenvalue weighted by Crippen LogP contribution is -2.54. The Kier molecular flexibility index (Phi) is 4.73. The predicted molar refractivity (Wildman–Crippen MR) is 111 cm³/mol. The number of hydrogen-bond acceptors (Lipinski definition) is 3. The van der Waals surface area contributed by atoms with Gasteiger partial charge in [-0.25, -0.2) is 4.48 Å². The molecule has 2 aromatic carbocycles. The van der Waals surface area contributed by atoms with Gasteiger partial charge in [0, 0.05) is 12.1 Å². The predicted octanol–water partition coefficient (Wildman–Crippen LogP) is 5.21. The Hall–Kier alpha value is -2.98. The highest BCUT2D eigenvalue weighted by Gasteiger charge is 2.44. The minimum atomic E-state index is -0.000173. The van der Waals surface area contributed by atoms with Crippen molar-refractivity contribution in [2.24, 2.45) is 0 Å². The van der Waals surface area contributed by atoms with Crippen molar-refractivity contribution >= 4 is 11.4 Å². The number of benzene rings is 2. The third kappa shape index (κ3) is 3.13. The molecule has 2 aliphatic heterocycles. The van der Waals surface area contributed by atoms with E-state index < -0.39 is 0 Å². The van der Waals surface area contributed by atoms with Crippen molar-refractivity contribution in [1.29, 1.82) is 0 Å². The second kappa shape index (κ2) is 7.33. The molecule has 0 spiro atoms. The number of fused-ring (bicyclic) bond motifs is 2. The molecule has 2 aliphatic rings. The van der Waals surface area contributed by atoms with Crippen LogP contribution >= 0.6 is 0 Å². The van der Waals surface area contributed by atoms with Gasteiger partial charge in [0.2, 0.25) is 0 Å². The second-order valence-electron chi connectivity index (χ2n) is 6.67. The molecule has 1 N–H and O–H groups in total. The number of allylic oxidation sites excluding steroid dienone is 4. The Bertz CT molecular complexity index is 883. The molecule has 0 saturated carbocycles. The highest BCUT2D eigenvalue weighted by Crippen LogP contribution is 2.43. The van der Waals surface area contributed by atoms with E-state index in [2.05, 4.69) is 43.4 Å². The number of para-hydroxylation sites is 4. The fourth-order valence-corrected chi connectivity index (χ4v) is 3.80. The van der Waals surface area contributed by atoms with E-state index in [0.717, 1.165) is 40.6 Å². The Balaban J connectivity index is 1.44. The van der Waals surface area contributed by atoms with Gasteiger partial charge in [0.25, 0.3) is 6.23 Å². The number of rotatable bonds is 5. The van der Waals surface area contributed by atoms with Gasteiger partial charge in [0.05, 0.1) is 18.8 Å². The maximum absolute atomic E-state index is 6.23. The van der Waals surface area contributed by atoms with Crippen molar-refractivity contribution < 1.29 is 9.47 Å². The summed E-state index contributed by atoms with van der Waals surface area (Å²) in [5.74, 6) is 2.58. The highest BCUT2D eigenvalue weighted by atomic mass is 16.5. The SMILES string of the molecule is CC[N+]1(CC)c2ccccc2OC1C=CC=CC=C1Nc2ccccc2O1. The molecular formula is C23H25N2O2+. The molecule has 0 amide bonds. The van der Waals surface area contributed by atoms with Crippen LogP contribution in [0, 0.1) is 0 Å². The zero-order valence-corrected chi connectivity index (χ0v) is 15.8. The maximum atomic E-state index is 6.23. The lowest BCUT2D eigenvalue weighted by atomic mass is 10.2. The molecule has 0 saturated heterocycles. The molecule has 0 aromatic heterocycles. The summed E-state index contributed by atoms with van der Waals surface area (Å²) in [5, 5.41) is 3.25. The highest BCUT2D eigenvalue weighted by molar-refractivity contribution is 5.63. The lowest BCUT2D eigenvalue weighted by Gasteiger charge is -2.34. The van der Waals surface area contributed by atoms with E-state index in [9.17, 15) is 0 Å². The molecule has 2 heterocycles. The van der Waals surface area contributed by atoms with Crippen molar-refractivity contribution in [2.75, 3.05) is 18.4 Å². The average molecular weight is 361 g/mol. The number of anilines is 1. The molecule has 138 valence electrons. The number of nitrogens with one attached hydrogen (secondary N) is 1. The first-order chi connectivity index (χ1) is 13.3. The Morgan fingerprint density at radius 3 is 2.44 bits per heavy atom. The molecule has 0 bridgehead atoms. The molecule has 27 heavy (non-hydrogen) atoms. The lowest BCUT2D eigenvalue weighted by molar-refractivity contribution is 0.115. The smallest absolute Gasteiger partial charge is 0.258 e. The molecular weight excluding hydrogens is 336 g/mol. The summed E-state index contributed by atoms with van der Waals surface area (Å²) in [6.07, 6.45) is 10.1. The molecule has 1 atom stereocenters. The minimum Gasteiger partial charge on any atom is -0.439 e. The van der Waals surface area contributed by atoms with E-state index in [4.69, 9.17) is 9.47 Å². The van der Waals surface area contributed by atoms with Gasteiger partial charge in [-0.2, -0.15) is 0 Å². The summed E-state index contributed by atoms with van der Waals surface area (Å²) in [6.45, 7) is 6.42. The summed E-state index contributed by atoms with van der Waals surface area (Å²) in [6, 6.07) is 16.3. The van der Waals surface area contributed by atoms with Gasteiger partial charge in [-0.3, -0.25) is 0 Å². The van der Waals surface area contributed by atoms with Crippen molar-refractivity contribution in [3.05, 3.63) is 84.8 Å². The van der Waals surface area contributed by atoms with Crippen LogP contribution in [0.2, 0.25) is 0 Å². The topological polar surface area (TPSA) is 30.5 Å². The van der Waals surface area contributed by atoms with Gasteiger partial charge >= 0.3 is 0 Å². The molecule has 0 fully saturated rings. The van der Waals surface area contributed by atoms with Crippen LogP contribution in [-0.4, -0.2) is 19.3 Å². The summed E-state index contributed by atoms with van der Waals surface area (Å²) in [7, 11) is 0. The molecule has 4 rings (SSSR count). The normalized spacial score (nSPS) is 21.1. The quantitative estimate of drug-likeness (QED) is 0.586. The van der Waals surface area contributed by atoms with Crippen LogP contribution in [0.4, 0.5) is 11.4 Å². The van der Waals surface area contributed by atoms with E-state index in [0.29, 0.717) is 0 Å². The van der Waals surface area contributed by atoms with Crippen LogP contribution in [0.3, 0.4) is 0 Å². The number of nitrogens with zero attached hydrogens (tertiary/aromatic N) is 1. The van der Waals surface area contributed by atoms with E-state index in [-0.39, 0.29) is 6.23 Å². The van der Waals surface area contributed by atoms with Crippen LogP contribution in [0.25, 0.3) is 0 Å². The number of hydrogen-bond donors (Lipinski definition) is 1. The maximum Gasteiger partial charge on any atom is 0.258 e. The van der Waals surface area contributed by atoms with Gasteiger partial charge in [-0.1, -0.05) is 42.5 Å². The van der Waals surface area contributed by atoms with Gasteiger partial charge in [0.15, 0.2) is 23.1 Å². The van der Waals surface area contributed by atoms with E-state index in [1.54, 1.807) is 0 Å². The van der Waals surface area contributed by atoms with Crippen LogP contribution < -0.4 is 19.3 Å². The van der Waals surface area contributed by atoms with Crippen LogP contribution in [-0.2, 0) is 0 Å². The summed E-state index contributed by atoms with van der Waals surface area (Å²) >= 11 is 0. The van der Waals surface area contributed by atoms with E-state index in [1.807, 2.05) is 54.6 Å². The standard InChI is InChI=1S/C23H25N2O2/c1-3-25(4-2)19-13-9-11-15-21(19)27-23(25)17-7-5-6-16-22-24-18-12-8-10-14-20(18)26-22/h5-17,23-24H,3-4H2,1-2H3/q+1. The number of ether oxygens (including phenoxy) is 2. The fourth-order valence-electron chi connectivity index (χ4n) is 3.80. The first kappa shape index (κ1) is 17.4. The largest absolute Gasteiger partial charge is 0.439 e. The monoisotopic (exact) mass is 361 g/mol. The van der Waals surface area contributed by atoms with Gasteiger partial charge < -0.3 is 14.8 Å². The Labute approximate surface area is 160 Å². The van der Waals surface area contributed by atoms with Crippen molar-refractivity contribution in [1.82, 2.24) is 4.48 Å². The molecule has 0 radical (unpaired) electrons. The van der Waals surface area contributed by atoms with E-state index in [1.165, 1.54) is 5.69 Å². The van der Waals surface area contributed by atoms with Gasteiger partial charge in [-0.15, -0.1) is 0 Å². The molecule has 0 aliphatic carbocycles. The fraction of sp³-hybridized carbons (Fsp3) is 0.217.